The first-order valence-corrected chi connectivity index (χ1v) is 9.10. The SMILES string of the molecule is Cc1ccc(S(=O)(=O)NCCNC(=O)CC2COCCN2)cc1. The number of carbonyl (C=O) groups excluding carboxylic acids is 1. The zero-order valence-corrected chi connectivity index (χ0v) is 14.0. The molecule has 1 aliphatic rings. The van der Waals surface area contributed by atoms with E-state index in [1.165, 1.54) is 0 Å². The van der Waals surface area contributed by atoms with Crippen LogP contribution in [-0.4, -0.2) is 53.2 Å². The predicted octanol–water partition coefficient (Wildman–Crippen LogP) is -0.232. The lowest BCUT2D eigenvalue weighted by Gasteiger charge is -2.23. The summed E-state index contributed by atoms with van der Waals surface area (Å²) in [6.07, 6.45) is 0.324. The Labute approximate surface area is 136 Å². The highest BCUT2D eigenvalue weighted by molar-refractivity contribution is 7.89. The van der Waals surface area contributed by atoms with Gasteiger partial charge >= 0.3 is 0 Å². The largest absolute Gasteiger partial charge is 0.378 e. The summed E-state index contributed by atoms with van der Waals surface area (Å²) in [5.74, 6) is -0.123. The van der Waals surface area contributed by atoms with Crippen LogP contribution in [0.1, 0.15) is 12.0 Å². The maximum absolute atomic E-state index is 12.1. The third-order valence-electron chi connectivity index (χ3n) is 3.50. The van der Waals surface area contributed by atoms with Gasteiger partial charge in [0.2, 0.25) is 15.9 Å². The van der Waals surface area contributed by atoms with Crippen LogP contribution in [0.3, 0.4) is 0 Å². The highest BCUT2D eigenvalue weighted by atomic mass is 32.2. The van der Waals surface area contributed by atoms with Gasteiger partial charge in [0.15, 0.2) is 0 Å². The second-order valence-electron chi connectivity index (χ2n) is 5.49. The lowest BCUT2D eigenvalue weighted by molar-refractivity contribution is -0.122. The summed E-state index contributed by atoms with van der Waals surface area (Å²) in [4.78, 5) is 12.0. The second kappa shape index (κ2) is 8.39. The van der Waals surface area contributed by atoms with Crippen LogP contribution in [0.15, 0.2) is 29.2 Å². The first-order valence-electron chi connectivity index (χ1n) is 7.61. The number of hydrogen-bond donors (Lipinski definition) is 3. The summed E-state index contributed by atoms with van der Waals surface area (Å²) >= 11 is 0. The zero-order chi connectivity index (χ0) is 16.7. The van der Waals surface area contributed by atoms with Crippen LogP contribution in [0.25, 0.3) is 0 Å². The molecule has 23 heavy (non-hydrogen) atoms. The summed E-state index contributed by atoms with van der Waals surface area (Å²) in [6, 6.07) is 6.63. The number of ether oxygens (including phenoxy) is 1. The van der Waals surface area contributed by atoms with Crippen LogP contribution in [0.4, 0.5) is 0 Å². The molecule has 0 radical (unpaired) electrons. The summed E-state index contributed by atoms with van der Waals surface area (Å²) in [5, 5.41) is 5.90. The van der Waals surface area contributed by atoms with Crippen molar-refractivity contribution in [2.75, 3.05) is 32.8 Å². The quantitative estimate of drug-likeness (QED) is 0.595. The van der Waals surface area contributed by atoms with Gasteiger partial charge in [-0.2, -0.15) is 0 Å². The van der Waals surface area contributed by atoms with E-state index in [4.69, 9.17) is 4.74 Å². The number of amides is 1. The molecule has 1 fully saturated rings. The molecule has 1 unspecified atom stereocenters. The van der Waals surface area contributed by atoms with Gasteiger partial charge in [0, 0.05) is 32.1 Å². The minimum atomic E-state index is -3.54. The first kappa shape index (κ1) is 17.9. The normalized spacial score (nSPS) is 18.6. The molecule has 1 aromatic rings. The molecule has 7 nitrogen and oxygen atoms in total. The number of benzene rings is 1. The summed E-state index contributed by atoms with van der Waals surface area (Å²) in [5.41, 5.74) is 0.997. The van der Waals surface area contributed by atoms with Crippen molar-refractivity contribution in [3.63, 3.8) is 0 Å². The van der Waals surface area contributed by atoms with Gasteiger partial charge < -0.3 is 15.4 Å². The van der Waals surface area contributed by atoms with E-state index >= 15 is 0 Å². The fourth-order valence-corrected chi connectivity index (χ4v) is 3.27. The van der Waals surface area contributed by atoms with Crippen molar-refractivity contribution in [2.45, 2.75) is 24.3 Å². The molecule has 0 aromatic heterocycles. The van der Waals surface area contributed by atoms with E-state index in [2.05, 4.69) is 15.4 Å². The van der Waals surface area contributed by atoms with Crippen molar-refractivity contribution in [2.24, 2.45) is 0 Å². The summed E-state index contributed by atoms with van der Waals surface area (Å²) in [7, 11) is -3.54. The minimum absolute atomic E-state index is 0.0213. The number of nitrogens with one attached hydrogen (secondary N) is 3. The van der Waals surface area contributed by atoms with E-state index in [-0.39, 0.29) is 29.9 Å². The molecule has 2 rings (SSSR count). The lowest BCUT2D eigenvalue weighted by Crippen LogP contribution is -2.45. The lowest BCUT2D eigenvalue weighted by atomic mass is 10.2. The maximum atomic E-state index is 12.1. The first-order chi connectivity index (χ1) is 11.0. The van der Waals surface area contributed by atoms with Crippen molar-refractivity contribution >= 4 is 15.9 Å². The number of sulfonamides is 1. The van der Waals surface area contributed by atoms with E-state index in [1.54, 1.807) is 24.3 Å². The molecule has 1 saturated heterocycles. The Kier molecular flexibility index (Phi) is 6.52. The molecule has 0 aliphatic carbocycles. The third kappa shape index (κ3) is 5.91. The molecule has 1 heterocycles. The summed E-state index contributed by atoms with van der Waals surface area (Å²) < 4.78 is 31.9. The van der Waals surface area contributed by atoms with Gasteiger partial charge in [-0.25, -0.2) is 13.1 Å². The van der Waals surface area contributed by atoms with Crippen LogP contribution in [0, 0.1) is 6.92 Å². The van der Waals surface area contributed by atoms with Gasteiger partial charge in [0.25, 0.3) is 0 Å². The van der Waals surface area contributed by atoms with Gasteiger partial charge in [-0.15, -0.1) is 0 Å². The van der Waals surface area contributed by atoms with E-state index in [0.29, 0.717) is 19.6 Å². The number of rotatable bonds is 7. The standard InChI is InChI=1S/C15H23N3O4S/c1-12-2-4-14(5-3-12)23(20,21)18-7-6-17-15(19)10-13-11-22-9-8-16-13/h2-5,13,16,18H,6-11H2,1H3,(H,17,19). The fourth-order valence-electron chi connectivity index (χ4n) is 2.23. The van der Waals surface area contributed by atoms with Crippen molar-refractivity contribution in [1.82, 2.24) is 15.4 Å². The molecule has 0 spiro atoms. The van der Waals surface area contributed by atoms with E-state index < -0.39 is 10.0 Å². The smallest absolute Gasteiger partial charge is 0.240 e. The molecular weight excluding hydrogens is 318 g/mol. The molecule has 1 atom stereocenters. The third-order valence-corrected chi connectivity index (χ3v) is 4.98. The molecule has 1 amide bonds. The topological polar surface area (TPSA) is 96.5 Å². The van der Waals surface area contributed by atoms with Crippen LogP contribution < -0.4 is 15.4 Å². The molecule has 0 bridgehead atoms. The molecule has 8 heteroatoms. The Hall–Kier alpha value is -1.48. The Morgan fingerprint density at radius 3 is 2.70 bits per heavy atom. The van der Waals surface area contributed by atoms with Gasteiger partial charge in [-0.3, -0.25) is 4.79 Å². The van der Waals surface area contributed by atoms with Gasteiger partial charge in [-0.1, -0.05) is 17.7 Å². The predicted molar refractivity (Wildman–Crippen MR) is 86.6 cm³/mol. The average Bonchev–Trinajstić information content (AvgIpc) is 2.53. The molecule has 1 aromatic carbocycles. The maximum Gasteiger partial charge on any atom is 0.240 e. The number of carbonyl (C=O) groups is 1. The zero-order valence-electron chi connectivity index (χ0n) is 13.2. The van der Waals surface area contributed by atoms with Crippen LogP contribution >= 0.6 is 0 Å². The second-order valence-corrected chi connectivity index (χ2v) is 7.26. The fraction of sp³-hybridized carbons (Fsp3) is 0.533. The van der Waals surface area contributed by atoms with Gasteiger partial charge in [0.1, 0.15) is 0 Å². The number of hydrogen-bond acceptors (Lipinski definition) is 5. The average molecular weight is 341 g/mol. The highest BCUT2D eigenvalue weighted by Gasteiger charge is 2.17. The van der Waals surface area contributed by atoms with E-state index in [9.17, 15) is 13.2 Å². The van der Waals surface area contributed by atoms with Crippen LogP contribution in [-0.2, 0) is 19.6 Å². The van der Waals surface area contributed by atoms with Crippen molar-refractivity contribution < 1.29 is 17.9 Å². The Morgan fingerprint density at radius 1 is 1.30 bits per heavy atom. The highest BCUT2D eigenvalue weighted by Crippen LogP contribution is 2.09. The number of morpholine rings is 1. The van der Waals surface area contributed by atoms with Crippen LogP contribution in [0.2, 0.25) is 0 Å². The monoisotopic (exact) mass is 341 g/mol. The molecule has 3 N–H and O–H groups in total. The molecule has 1 aliphatic heterocycles. The minimum Gasteiger partial charge on any atom is -0.378 e. The van der Waals surface area contributed by atoms with Crippen LogP contribution in [0.5, 0.6) is 0 Å². The Morgan fingerprint density at radius 2 is 2.04 bits per heavy atom. The summed E-state index contributed by atoms with van der Waals surface area (Å²) in [6.45, 7) is 4.22. The van der Waals surface area contributed by atoms with Crippen molar-refractivity contribution in [3.8, 4) is 0 Å². The number of aryl methyl sites for hydroxylation is 1. The van der Waals surface area contributed by atoms with Crippen molar-refractivity contribution in [1.29, 1.82) is 0 Å². The van der Waals surface area contributed by atoms with Gasteiger partial charge in [-0.05, 0) is 19.1 Å². The molecule has 0 saturated carbocycles. The molecule has 128 valence electrons. The van der Waals surface area contributed by atoms with Crippen molar-refractivity contribution in [3.05, 3.63) is 29.8 Å². The Balaban J connectivity index is 1.69. The Bertz CT molecular complexity index is 610. The van der Waals surface area contributed by atoms with E-state index in [1.807, 2.05) is 6.92 Å². The van der Waals surface area contributed by atoms with E-state index in [0.717, 1.165) is 12.1 Å². The molecular formula is C15H23N3O4S. The van der Waals surface area contributed by atoms with Gasteiger partial charge in [0.05, 0.1) is 18.1 Å².